The van der Waals surface area contributed by atoms with Crippen molar-refractivity contribution in [2.45, 2.75) is 46.4 Å². The molecule has 0 fully saturated rings. The minimum absolute atomic E-state index is 0.634. The summed E-state index contributed by atoms with van der Waals surface area (Å²) in [5, 5.41) is 12.5. The van der Waals surface area contributed by atoms with Gasteiger partial charge in [-0.3, -0.25) is 14.3 Å². The lowest BCUT2D eigenvalue weighted by Gasteiger charge is -2.27. The Kier molecular flexibility index (Phi) is 5.15. The van der Waals surface area contributed by atoms with Crippen LogP contribution in [-0.2, 0) is 26.2 Å². The molecule has 0 aliphatic carbocycles. The molecule has 4 heterocycles. The van der Waals surface area contributed by atoms with Gasteiger partial charge in [-0.25, -0.2) is 9.97 Å². The molecule has 0 amide bonds. The third-order valence-corrected chi connectivity index (χ3v) is 4.87. The van der Waals surface area contributed by atoms with Crippen LogP contribution in [0, 0.1) is 13.8 Å². The first-order valence-corrected chi connectivity index (χ1v) is 9.47. The number of fused-ring (bicyclic) bond motifs is 1. The molecule has 0 saturated carbocycles. The molecule has 4 rings (SSSR count). The molecule has 0 radical (unpaired) electrons. The van der Waals surface area contributed by atoms with Crippen LogP contribution in [0.3, 0.4) is 0 Å². The second kappa shape index (κ2) is 7.87. The van der Waals surface area contributed by atoms with E-state index in [1.165, 1.54) is 11.4 Å². The number of hydrogen-bond donors (Lipinski definition) is 1. The maximum Gasteiger partial charge on any atom is 0.222 e. The van der Waals surface area contributed by atoms with Gasteiger partial charge in [-0.1, -0.05) is 0 Å². The topological polar surface area (TPSA) is 76.7 Å². The van der Waals surface area contributed by atoms with Gasteiger partial charge in [0.15, 0.2) is 0 Å². The van der Waals surface area contributed by atoms with E-state index in [1.807, 2.05) is 13.0 Å². The highest BCUT2D eigenvalue weighted by Gasteiger charge is 2.18. The zero-order chi connectivity index (χ0) is 18.6. The van der Waals surface area contributed by atoms with E-state index in [4.69, 9.17) is 5.10 Å². The molecule has 27 heavy (non-hydrogen) atoms. The first-order chi connectivity index (χ1) is 13.2. The Morgan fingerprint density at radius 3 is 2.67 bits per heavy atom. The summed E-state index contributed by atoms with van der Waals surface area (Å²) in [4.78, 5) is 10.9. The quantitative estimate of drug-likeness (QED) is 0.689. The van der Waals surface area contributed by atoms with Crippen LogP contribution < -0.4 is 5.32 Å². The van der Waals surface area contributed by atoms with Crippen molar-refractivity contribution in [3.63, 3.8) is 0 Å². The Morgan fingerprint density at radius 2 is 1.89 bits per heavy atom. The van der Waals surface area contributed by atoms with Crippen molar-refractivity contribution in [1.29, 1.82) is 0 Å². The molecule has 0 aromatic carbocycles. The van der Waals surface area contributed by atoms with Crippen LogP contribution in [0.25, 0.3) is 0 Å². The highest BCUT2D eigenvalue weighted by Crippen LogP contribution is 2.15. The van der Waals surface area contributed by atoms with E-state index in [1.54, 1.807) is 12.4 Å². The molecule has 0 saturated heterocycles. The van der Waals surface area contributed by atoms with E-state index in [9.17, 15) is 0 Å². The minimum Gasteiger partial charge on any atom is -0.348 e. The molecule has 0 atom stereocenters. The fourth-order valence-corrected chi connectivity index (χ4v) is 3.56. The number of aromatic nitrogens is 6. The van der Waals surface area contributed by atoms with Crippen molar-refractivity contribution in [2.75, 3.05) is 18.4 Å². The van der Waals surface area contributed by atoms with E-state index in [0.717, 1.165) is 50.5 Å². The van der Waals surface area contributed by atoms with Crippen molar-refractivity contribution < 1.29 is 0 Å². The van der Waals surface area contributed by atoms with Crippen LogP contribution in [0.15, 0.2) is 30.6 Å². The third-order valence-electron chi connectivity index (χ3n) is 4.87. The number of nitrogens with zero attached hydrogens (tertiary/aromatic N) is 7. The van der Waals surface area contributed by atoms with Crippen molar-refractivity contribution in [3.05, 3.63) is 53.4 Å². The number of anilines is 1. The highest BCUT2D eigenvalue weighted by atomic mass is 15.3. The van der Waals surface area contributed by atoms with Gasteiger partial charge in [0.25, 0.3) is 0 Å². The molecule has 1 N–H and O–H groups in total. The van der Waals surface area contributed by atoms with E-state index in [2.05, 4.69) is 53.7 Å². The highest BCUT2D eigenvalue weighted by molar-refractivity contribution is 5.24. The summed E-state index contributed by atoms with van der Waals surface area (Å²) in [6.07, 6.45) is 4.57. The maximum atomic E-state index is 4.70. The van der Waals surface area contributed by atoms with Crippen LogP contribution in [0.5, 0.6) is 0 Å². The van der Waals surface area contributed by atoms with E-state index >= 15 is 0 Å². The standard InChI is InChI=1S/C19H26N8/c1-15-11-16(2)26(23-15)8-4-7-25-9-10-27-18(14-25)12-17(24-27)13-22-19-20-5-3-6-21-19/h3,5-6,11-12H,4,7-10,13-14H2,1-2H3,(H,20,21,22). The van der Waals surface area contributed by atoms with Crippen molar-refractivity contribution >= 4 is 5.95 Å². The molecule has 3 aromatic rings. The van der Waals surface area contributed by atoms with Gasteiger partial charge in [-0.15, -0.1) is 0 Å². The van der Waals surface area contributed by atoms with Crippen LogP contribution in [0.4, 0.5) is 5.95 Å². The molecular formula is C19H26N8. The summed E-state index contributed by atoms with van der Waals surface area (Å²) in [6.45, 7) is 9.79. The molecule has 142 valence electrons. The van der Waals surface area contributed by atoms with E-state index < -0.39 is 0 Å². The van der Waals surface area contributed by atoms with Crippen LogP contribution >= 0.6 is 0 Å². The van der Waals surface area contributed by atoms with Gasteiger partial charge >= 0.3 is 0 Å². The fourth-order valence-electron chi connectivity index (χ4n) is 3.56. The molecule has 0 unspecified atom stereocenters. The average molecular weight is 366 g/mol. The summed E-state index contributed by atoms with van der Waals surface area (Å²) < 4.78 is 4.24. The lowest BCUT2D eigenvalue weighted by atomic mass is 10.2. The van der Waals surface area contributed by atoms with Crippen LogP contribution in [0.1, 0.15) is 29.2 Å². The summed E-state index contributed by atoms with van der Waals surface area (Å²) >= 11 is 0. The monoisotopic (exact) mass is 366 g/mol. The largest absolute Gasteiger partial charge is 0.348 e. The molecule has 1 aliphatic heterocycles. The number of nitrogens with one attached hydrogen (secondary N) is 1. The van der Waals surface area contributed by atoms with E-state index in [-0.39, 0.29) is 0 Å². The van der Waals surface area contributed by atoms with Gasteiger partial charge in [0.05, 0.1) is 30.2 Å². The van der Waals surface area contributed by atoms with Gasteiger partial charge in [-0.05, 0) is 38.5 Å². The molecule has 0 bridgehead atoms. The molecular weight excluding hydrogens is 340 g/mol. The van der Waals surface area contributed by atoms with Gasteiger partial charge in [0.2, 0.25) is 5.95 Å². The SMILES string of the molecule is Cc1cc(C)n(CCCN2CCn3nc(CNc4ncccn4)cc3C2)n1. The second-order valence-electron chi connectivity index (χ2n) is 7.06. The lowest BCUT2D eigenvalue weighted by molar-refractivity contribution is 0.206. The van der Waals surface area contributed by atoms with E-state index in [0.29, 0.717) is 12.5 Å². The third kappa shape index (κ3) is 4.33. The predicted molar refractivity (Wildman–Crippen MR) is 103 cm³/mol. The van der Waals surface area contributed by atoms with Crippen molar-refractivity contribution in [2.24, 2.45) is 0 Å². The smallest absolute Gasteiger partial charge is 0.222 e. The number of rotatable bonds is 7. The first kappa shape index (κ1) is 17.7. The Hall–Kier alpha value is -2.74. The Balaban J connectivity index is 1.28. The fraction of sp³-hybridized carbons (Fsp3) is 0.474. The summed E-state index contributed by atoms with van der Waals surface area (Å²) in [6, 6.07) is 6.13. The van der Waals surface area contributed by atoms with Crippen molar-refractivity contribution in [3.8, 4) is 0 Å². The van der Waals surface area contributed by atoms with Crippen LogP contribution in [-0.4, -0.2) is 47.5 Å². The first-order valence-electron chi connectivity index (χ1n) is 9.47. The molecule has 3 aromatic heterocycles. The lowest BCUT2D eigenvalue weighted by Crippen LogP contribution is -2.34. The maximum absolute atomic E-state index is 4.70. The summed E-state index contributed by atoms with van der Waals surface area (Å²) in [5.41, 5.74) is 4.64. The summed E-state index contributed by atoms with van der Waals surface area (Å²) in [7, 11) is 0. The number of aryl methyl sites for hydroxylation is 3. The predicted octanol–water partition coefficient (Wildman–Crippen LogP) is 2.00. The van der Waals surface area contributed by atoms with Crippen molar-refractivity contribution in [1.82, 2.24) is 34.4 Å². The summed E-state index contributed by atoms with van der Waals surface area (Å²) in [5.74, 6) is 0.634. The average Bonchev–Trinajstić information content (AvgIpc) is 3.22. The zero-order valence-corrected chi connectivity index (χ0v) is 16.0. The molecule has 8 heteroatoms. The zero-order valence-electron chi connectivity index (χ0n) is 16.0. The minimum atomic E-state index is 0.634. The van der Waals surface area contributed by atoms with Gasteiger partial charge in [0.1, 0.15) is 0 Å². The Bertz CT molecular complexity index is 883. The van der Waals surface area contributed by atoms with Gasteiger partial charge in [0, 0.05) is 44.3 Å². The normalized spacial score (nSPS) is 14.3. The van der Waals surface area contributed by atoms with Crippen LogP contribution in [0.2, 0.25) is 0 Å². The Labute approximate surface area is 159 Å². The molecule has 1 aliphatic rings. The molecule has 0 spiro atoms. The molecule has 8 nitrogen and oxygen atoms in total. The number of hydrogen-bond acceptors (Lipinski definition) is 6. The van der Waals surface area contributed by atoms with Gasteiger partial charge < -0.3 is 5.32 Å². The second-order valence-corrected chi connectivity index (χ2v) is 7.06. The Morgan fingerprint density at radius 1 is 1.04 bits per heavy atom. The van der Waals surface area contributed by atoms with Gasteiger partial charge in [-0.2, -0.15) is 10.2 Å².